The van der Waals surface area contributed by atoms with Crippen molar-refractivity contribution in [3.05, 3.63) is 71.0 Å². The second-order valence-corrected chi connectivity index (χ2v) is 5.09. The van der Waals surface area contributed by atoms with Crippen LogP contribution in [0.15, 0.2) is 48.5 Å². The summed E-state index contributed by atoms with van der Waals surface area (Å²) < 4.78 is 13.1. The summed E-state index contributed by atoms with van der Waals surface area (Å²) in [5.41, 5.74) is 3.09. The Morgan fingerprint density at radius 3 is 2.40 bits per heavy atom. The van der Waals surface area contributed by atoms with E-state index in [4.69, 9.17) is 5.11 Å². The molecule has 1 unspecified atom stereocenters. The van der Waals surface area contributed by atoms with Crippen LogP contribution >= 0.6 is 0 Å². The van der Waals surface area contributed by atoms with Gasteiger partial charge in [0.2, 0.25) is 0 Å². The van der Waals surface area contributed by atoms with E-state index in [0.29, 0.717) is 0 Å². The average molecular weight is 273 g/mol. The summed E-state index contributed by atoms with van der Waals surface area (Å²) >= 11 is 0. The normalized spacial score (nSPS) is 12.3. The summed E-state index contributed by atoms with van der Waals surface area (Å²) in [7, 11) is 0. The van der Waals surface area contributed by atoms with Crippen molar-refractivity contribution in [2.75, 3.05) is 0 Å². The van der Waals surface area contributed by atoms with Crippen molar-refractivity contribution in [2.24, 2.45) is 0 Å². The van der Waals surface area contributed by atoms with E-state index in [2.05, 4.69) is 12.2 Å². The number of nitrogens with one attached hydrogen (secondary N) is 1. The van der Waals surface area contributed by atoms with Crippen molar-refractivity contribution < 1.29 is 9.50 Å². The molecule has 0 heterocycles. The molecule has 0 aliphatic heterocycles. The Bertz CT molecular complexity index is 539. The number of benzene rings is 2. The summed E-state index contributed by atoms with van der Waals surface area (Å²) in [4.78, 5) is 0. The van der Waals surface area contributed by atoms with Gasteiger partial charge in [-0.3, -0.25) is 0 Å². The lowest BCUT2D eigenvalue weighted by atomic mass is 10.1. The maximum atomic E-state index is 13.1. The fraction of sp³-hybridized carbons (Fsp3) is 0.294. The summed E-state index contributed by atoms with van der Waals surface area (Å²) in [6.45, 7) is 2.93. The Morgan fingerprint density at radius 2 is 1.75 bits per heavy atom. The number of hydrogen-bond donors (Lipinski definition) is 2. The highest BCUT2D eigenvalue weighted by molar-refractivity contribution is 5.22. The molecule has 2 nitrogen and oxygen atoms in total. The Labute approximate surface area is 119 Å². The van der Waals surface area contributed by atoms with E-state index in [1.165, 1.54) is 11.6 Å². The highest BCUT2D eigenvalue weighted by Crippen LogP contribution is 2.08. The molecule has 0 saturated heterocycles. The van der Waals surface area contributed by atoms with Crippen molar-refractivity contribution in [3.63, 3.8) is 0 Å². The molecule has 106 valence electrons. The Balaban J connectivity index is 1.83. The second-order valence-electron chi connectivity index (χ2n) is 5.09. The van der Waals surface area contributed by atoms with Gasteiger partial charge in [0.05, 0.1) is 6.61 Å². The zero-order valence-electron chi connectivity index (χ0n) is 11.6. The lowest BCUT2D eigenvalue weighted by molar-refractivity contribution is 0.282. The summed E-state index contributed by atoms with van der Waals surface area (Å²) in [6, 6.07) is 14.9. The van der Waals surface area contributed by atoms with Gasteiger partial charge in [-0.15, -0.1) is 0 Å². The fourth-order valence-electron chi connectivity index (χ4n) is 2.14. The van der Waals surface area contributed by atoms with Gasteiger partial charge < -0.3 is 10.4 Å². The summed E-state index contributed by atoms with van der Waals surface area (Å²) in [5, 5.41) is 12.4. The van der Waals surface area contributed by atoms with Gasteiger partial charge >= 0.3 is 0 Å². The van der Waals surface area contributed by atoms with Crippen molar-refractivity contribution >= 4 is 0 Å². The van der Waals surface area contributed by atoms with Gasteiger partial charge in [0, 0.05) is 12.6 Å². The smallest absolute Gasteiger partial charge is 0.123 e. The molecule has 2 rings (SSSR count). The van der Waals surface area contributed by atoms with Crippen molar-refractivity contribution in [2.45, 2.75) is 32.5 Å². The first kappa shape index (κ1) is 14.7. The van der Waals surface area contributed by atoms with Crippen LogP contribution in [0.4, 0.5) is 4.39 Å². The molecule has 20 heavy (non-hydrogen) atoms. The Hall–Kier alpha value is -1.71. The molecule has 0 radical (unpaired) electrons. The molecule has 0 fully saturated rings. The molecule has 0 bridgehead atoms. The maximum Gasteiger partial charge on any atom is 0.123 e. The SMILES string of the molecule is CC(Cc1cccc(F)c1)NCc1ccc(CO)cc1. The molecule has 2 aromatic carbocycles. The van der Waals surface area contributed by atoms with Gasteiger partial charge in [-0.25, -0.2) is 4.39 Å². The molecule has 1 atom stereocenters. The highest BCUT2D eigenvalue weighted by Gasteiger charge is 2.04. The minimum Gasteiger partial charge on any atom is -0.392 e. The molecule has 0 amide bonds. The van der Waals surface area contributed by atoms with Crippen LogP contribution in [0.2, 0.25) is 0 Å². The van der Waals surface area contributed by atoms with Crippen LogP contribution in [0.5, 0.6) is 0 Å². The zero-order chi connectivity index (χ0) is 14.4. The molecular formula is C17H20FNO. The summed E-state index contributed by atoms with van der Waals surface area (Å²) in [6.07, 6.45) is 0.798. The zero-order valence-corrected chi connectivity index (χ0v) is 11.6. The van der Waals surface area contributed by atoms with E-state index >= 15 is 0 Å². The lowest BCUT2D eigenvalue weighted by Crippen LogP contribution is -2.27. The van der Waals surface area contributed by atoms with Gasteiger partial charge in [-0.2, -0.15) is 0 Å². The van der Waals surface area contributed by atoms with Crippen molar-refractivity contribution in [1.82, 2.24) is 5.32 Å². The Morgan fingerprint density at radius 1 is 1.05 bits per heavy atom. The van der Waals surface area contributed by atoms with Crippen molar-refractivity contribution in [1.29, 1.82) is 0 Å². The molecule has 2 N–H and O–H groups in total. The number of aliphatic hydroxyl groups excluding tert-OH is 1. The molecule has 0 aliphatic rings. The topological polar surface area (TPSA) is 32.3 Å². The fourth-order valence-corrected chi connectivity index (χ4v) is 2.14. The van der Waals surface area contributed by atoms with E-state index in [-0.39, 0.29) is 18.5 Å². The van der Waals surface area contributed by atoms with Gasteiger partial charge in [0.1, 0.15) is 5.82 Å². The van der Waals surface area contributed by atoms with Gasteiger partial charge in [0.15, 0.2) is 0 Å². The maximum absolute atomic E-state index is 13.1. The van der Waals surface area contributed by atoms with E-state index in [0.717, 1.165) is 24.1 Å². The minimum atomic E-state index is -0.186. The number of aliphatic hydroxyl groups is 1. The minimum absolute atomic E-state index is 0.0731. The third-order valence-electron chi connectivity index (χ3n) is 3.29. The molecule has 0 aromatic heterocycles. The molecular weight excluding hydrogens is 253 g/mol. The first-order chi connectivity index (χ1) is 9.67. The number of halogens is 1. The van der Waals surface area contributed by atoms with Crippen LogP contribution in [0.25, 0.3) is 0 Å². The van der Waals surface area contributed by atoms with Crippen LogP contribution in [-0.4, -0.2) is 11.1 Å². The number of rotatable bonds is 6. The van der Waals surface area contributed by atoms with Gasteiger partial charge in [0.25, 0.3) is 0 Å². The molecule has 0 aliphatic carbocycles. The quantitative estimate of drug-likeness (QED) is 0.848. The van der Waals surface area contributed by atoms with Crippen molar-refractivity contribution in [3.8, 4) is 0 Å². The van der Waals surface area contributed by atoms with Gasteiger partial charge in [-0.1, -0.05) is 36.4 Å². The second kappa shape index (κ2) is 7.17. The van der Waals surface area contributed by atoms with E-state index in [1.54, 1.807) is 12.1 Å². The first-order valence-electron chi connectivity index (χ1n) is 6.84. The standard InChI is InChI=1S/C17H20FNO/c1-13(9-16-3-2-4-17(18)10-16)19-11-14-5-7-15(12-20)8-6-14/h2-8,10,13,19-20H,9,11-12H2,1H3. The van der Waals surface area contributed by atoms with Crippen LogP contribution in [0.1, 0.15) is 23.6 Å². The largest absolute Gasteiger partial charge is 0.392 e. The van der Waals surface area contributed by atoms with E-state index < -0.39 is 0 Å². The predicted octanol–water partition coefficient (Wildman–Crippen LogP) is 3.04. The summed E-state index contributed by atoms with van der Waals surface area (Å²) in [5.74, 6) is -0.186. The van der Waals surface area contributed by atoms with Gasteiger partial charge in [-0.05, 0) is 42.2 Å². The van der Waals surface area contributed by atoms with Crippen LogP contribution in [0, 0.1) is 5.82 Å². The first-order valence-corrected chi connectivity index (χ1v) is 6.84. The van der Waals surface area contributed by atoms with E-state index in [9.17, 15) is 4.39 Å². The van der Waals surface area contributed by atoms with Crippen LogP contribution in [-0.2, 0) is 19.6 Å². The van der Waals surface area contributed by atoms with E-state index in [1.807, 2.05) is 30.3 Å². The molecule has 3 heteroatoms. The third-order valence-corrected chi connectivity index (χ3v) is 3.29. The van der Waals surface area contributed by atoms with Crippen LogP contribution < -0.4 is 5.32 Å². The highest BCUT2D eigenvalue weighted by atomic mass is 19.1. The lowest BCUT2D eigenvalue weighted by Gasteiger charge is -2.14. The molecule has 0 saturated carbocycles. The third kappa shape index (κ3) is 4.44. The molecule has 0 spiro atoms. The average Bonchev–Trinajstić information content (AvgIpc) is 2.46. The number of hydrogen-bond acceptors (Lipinski definition) is 2. The Kier molecular flexibility index (Phi) is 5.27. The van der Waals surface area contributed by atoms with Crippen LogP contribution in [0.3, 0.4) is 0 Å². The molecule has 2 aromatic rings. The predicted molar refractivity (Wildman–Crippen MR) is 78.8 cm³/mol. The monoisotopic (exact) mass is 273 g/mol.